The second-order valence-corrected chi connectivity index (χ2v) is 6.85. The first-order chi connectivity index (χ1) is 9.45. The molecule has 0 spiro atoms. The summed E-state index contributed by atoms with van der Waals surface area (Å²) in [5.41, 5.74) is 7.57. The van der Waals surface area contributed by atoms with E-state index in [2.05, 4.69) is 32.3 Å². The third-order valence-corrected chi connectivity index (χ3v) is 4.05. The summed E-state index contributed by atoms with van der Waals surface area (Å²) >= 11 is 0. The Balaban J connectivity index is 2.35. The zero-order valence-electron chi connectivity index (χ0n) is 13.4. The molecule has 1 fully saturated rings. The molecular weight excluding hydrogens is 250 g/mol. The number of rotatable bonds is 4. The van der Waals surface area contributed by atoms with Crippen LogP contribution in [0.5, 0.6) is 0 Å². The lowest BCUT2D eigenvalue weighted by Crippen LogP contribution is -2.20. The number of nitrogen functional groups attached to an aromatic ring is 1. The highest BCUT2D eigenvalue weighted by molar-refractivity contribution is 5.42. The Bertz CT molecular complexity index is 439. The molecule has 2 heterocycles. The van der Waals surface area contributed by atoms with Crippen molar-refractivity contribution in [2.45, 2.75) is 71.3 Å². The van der Waals surface area contributed by atoms with E-state index in [1.54, 1.807) is 0 Å². The standard InChI is InChI=1S/C16H29N3O/c1-5-6-9-19-14(17)13(12-7-10-20-11-8-12)18-15(19)16(2,3)4/h12H,5-11,17H2,1-4H3. The summed E-state index contributed by atoms with van der Waals surface area (Å²) in [7, 11) is 0. The number of anilines is 1. The Kier molecular flexibility index (Phi) is 4.74. The molecule has 1 aromatic rings. The monoisotopic (exact) mass is 279 g/mol. The number of nitrogens with zero attached hydrogens (tertiary/aromatic N) is 2. The summed E-state index contributed by atoms with van der Waals surface area (Å²) in [6.45, 7) is 11.5. The van der Waals surface area contributed by atoms with Crippen LogP contribution in [0.15, 0.2) is 0 Å². The second kappa shape index (κ2) is 6.17. The third kappa shape index (κ3) is 3.17. The normalized spacial score (nSPS) is 17.6. The van der Waals surface area contributed by atoms with E-state index in [0.29, 0.717) is 5.92 Å². The fourth-order valence-corrected chi connectivity index (χ4v) is 2.87. The molecule has 0 aliphatic carbocycles. The van der Waals surface area contributed by atoms with Crippen molar-refractivity contribution in [2.75, 3.05) is 18.9 Å². The predicted molar refractivity (Wildman–Crippen MR) is 83.0 cm³/mol. The molecule has 2 rings (SSSR count). The smallest absolute Gasteiger partial charge is 0.127 e. The van der Waals surface area contributed by atoms with Crippen molar-refractivity contribution in [3.8, 4) is 0 Å². The van der Waals surface area contributed by atoms with E-state index < -0.39 is 0 Å². The van der Waals surface area contributed by atoms with Crippen molar-refractivity contribution in [1.82, 2.24) is 9.55 Å². The Labute approximate surface area is 122 Å². The van der Waals surface area contributed by atoms with Gasteiger partial charge in [0.15, 0.2) is 0 Å². The topological polar surface area (TPSA) is 53.1 Å². The van der Waals surface area contributed by atoms with E-state index in [0.717, 1.165) is 56.4 Å². The summed E-state index contributed by atoms with van der Waals surface area (Å²) in [4.78, 5) is 4.94. The zero-order valence-corrected chi connectivity index (χ0v) is 13.4. The molecule has 1 aliphatic rings. The molecule has 0 aromatic carbocycles. The van der Waals surface area contributed by atoms with E-state index >= 15 is 0 Å². The van der Waals surface area contributed by atoms with Crippen molar-refractivity contribution in [2.24, 2.45) is 0 Å². The third-order valence-electron chi connectivity index (χ3n) is 4.05. The SMILES string of the molecule is CCCCn1c(C(C)(C)C)nc(C2CCOCC2)c1N. The summed E-state index contributed by atoms with van der Waals surface area (Å²) in [5.74, 6) is 2.48. The zero-order chi connectivity index (χ0) is 14.8. The first kappa shape index (κ1) is 15.4. The van der Waals surface area contributed by atoms with Crippen LogP contribution >= 0.6 is 0 Å². The summed E-state index contributed by atoms with van der Waals surface area (Å²) in [5, 5.41) is 0. The minimum Gasteiger partial charge on any atom is -0.384 e. The fourth-order valence-electron chi connectivity index (χ4n) is 2.87. The molecule has 1 aliphatic heterocycles. The van der Waals surface area contributed by atoms with Crippen molar-refractivity contribution in [1.29, 1.82) is 0 Å². The van der Waals surface area contributed by atoms with Gasteiger partial charge in [0.1, 0.15) is 11.6 Å². The quantitative estimate of drug-likeness (QED) is 0.918. The fraction of sp³-hybridized carbons (Fsp3) is 0.812. The lowest BCUT2D eigenvalue weighted by molar-refractivity contribution is 0.0847. The highest BCUT2D eigenvalue weighted by atomic mass is 16.5. The van der Waals surface area contributed by atoms with Gasteiger partial charge in [-0.05, 0) is 19.3 Å². The van der Waals surface area contributed by atoms with Crippen LogP contribution in [0.4, 0.5) is 5.82 Å². The van der Waals surface area contributed by atoms with E-state index in [-0.39, 0.29) is 5.41 Å². The maximum absolute atomic E-state index is 6.43. The molecule has 4 heteroatoms. The number of ether oxygens (including phenoxy) is 1. The average molecular weight is 279 g/mol. The van der Waals surface area contributed by atoms with Crippen molar-refractivity contribution < 1.29 is 4.74 Å². The molecule has 0 bridgehead atoms. The van der Waals surface area contributed by atoms with Gasteiger partial charge in [-0.3, -0.25) is 0 Å². The molecule has 0 saturated carbocycles. The van der Waals surface area contributed by atoms with Gasteiger partial charge in [-0.25, -0.2) is 4.98 Å². The maximum Gasteiger partial charge on any atom is 0.127 e. The van der Waals surface area contributed by atoms with Crippen LogP contribution in [-0.2, 0) is 16.7 Å². The summed E-state index contributed by atoms with van der Waals surface area (Å²) in [6, 6.07) is 0. The Morgan fingerprint density at radius 2 is 1.95 bits per heavy atom. The van der Waals surface area contributed by atoms with Gasteiger partial charge in [0.25, 0.3) is 0 Å². The van der Waals surface area contributed by atoms with E-state index in [9.17, 15) is 0 Å². The van der Waals surface area contributed by atoms with Crippen LogP contribution in [0.2, 0.25) is 0 Å². The number of nitrogens with two attached hydrogens (primary N) is 1. The van der Waals surface area contributed by atoms with Gasteiger partial charge >= 0.3 is 0 Å². The second-order valence-electron chi connectivity index (χ2n) is 6.85. The first-order valence-electron chi connectivity index (χ1n) is 7.89. The molecular formula is C16H29N3O. The molecule has 2 N–H and O–H groups in total. The molecule has 1 saturated heterocycles. The van der Waals surface area contributed by atoms with E-state index in [1.165, 1.54) is 6.42 Å². The van der Waals surface area contributed by atoms with Gasteiger partial charge in [0.2, 0.25) is 0 Å². The van der Waals surface area contributed by atoms with Crippen molar-refractivity contribution >= 4 is 5.82 Å². The van der Waals surface area contributed by atoms with Crippen LogP contribution in [0.1, 0.15) is 70.8 Å². The molecule has 0 unspecified atom stereocenters. The number of aromatic nitrogens is 2. The van der Waals surface area contributed by atoms with Crippen LogP contribution in [-0.4, -0.2) is 22.8 Å². The Morgan fingerprint density at radius 3 is 2.50 bits per heavy atom. The van der Waals surface area contributed by atoms with Crippen LogP contribution in [0.25, 0.3) is 0 Å². The maximum atomic E-state index is 6.43. The van der Waals surface area contributed by atoms with Crippen LogP contribution in [0, 0.1) is 0 Å². The van der Waals surface area contributed by atoms with Gasteiger partial charge in [-0.1, -0.05) is 34.1 Å². The first-order valence-corrected chi connectivity index (χ1v) is 7.89. The van der Waals surface area contributed by atoms with Gasteiger partial charge in [-0.15, -0.1) is 0 Å². The lowest BCUT2D eigenvalue weighted by atomic mass is 9.95. The van der Waals surface area contributed by atoms with E-state index in [1.807, 2.05) is 0 Å². The van der Waals surface area contributed by atoms with Gasteiger partial charge in [-0.2, -0.15) is 0 Å². The Morgan fingerprint density at radius 1 is 1.30 bits per heavy atom. The van der Waals surface area contributed by atoms with Gasteiger partial charge < -0.3 is 15.0 Å². The molecule has 0 atom stereocenters. The van der Waals surface area contributed by atoms with Crippen molar-refractivity contribution in [3.63, 3.8) is 0 Å². The number of hydrogen-bond donors (Lipinski definition) is 1. The number of imidazole rings is 1. The molecule has 1 aromatic heterocycles. The Hall–Kier alpha value is -1.03. The largest absolute Gasteiger partial charge is 0.384 e. The molecule has 20 heavy (non-hydrogen) atoms. The minimum absolute atomic E-state index is 0.0330. The predicted octanol–water partition coefficient (Wildman–Crippen LogP) is 3.46. The summed E-state index contributed by atoms with van der Waals surface area (Å²) < 4.78 is 7.70. The number of unbranched alkanes of at least 4 members (excludes halogenated alkanes) is 1. The molecule has 0 amide bonds. The van der Waals surface area contributed by atoms with E-state index in [4.69, 9.17) is 15.5 Å². The van der Waals surface area contributed by atoms with Gasteiger partial charge in [0, 0.05) is 31.1 Å². The number of hydrogen-bond acceptors (Lipinski definition) is 3. The highest BCUT2D eigenvalue weighted by Crippen LogP contribution is 2.34. The molecule has 114 valence electrons. The van der Waals surface area contributed by atoms with Crippen LogP contribution in [0.3, 0.4) is 0 Å². The lowest BCUT2D eigenvalue weighted by Gasteiger charge is -2.21. The highest BCUT2D eigenvalue weighted by Gasteiger charge is 2.28. The average Bonchev–Trinajstić information content (AvgIpc) is 2.74. The minimum atomic E-state index is 0.0330. The molecule has 4 nitrogen and oxygen atoms in total. The molecule has 0 radical (unpaired) electrons. The van der Waals surface area contributed by atoms with Crippen LogP contribution < -0.4 is 5.73 Å². The van der Waals surface area contributed by atoms with Gasteiger partial charge in [0.05, 0.1) is 5.69 Å². The van der Waals surface area contributed by atoms with Crippen molar-refractivity contribution in [3.05, 3.63) is 11.5 Å². The summed E-state index contributed by atoms with van der Waals surface area (Å²) in [6.07, 6.45) is 4.40.